The van der Waals surface area contributed by atoms with E-state index in [0.29, 0.717) is 40.9 Å². The summed E-state index contributed by atoms with van der Waals surface area (Å²) in [5.74, 6) is -1.58. The summed E-state index contributed by atoms with van der Waals surface area (Å²) in [5.41, 5.74) is 8.72. The van der Waals surface area contributed by atoms with Crippen molar-refractivity contribution in [2.24, 2.45) is 5.73 Å². The maximum Gasteiger partial charge on any atom is 0.416 e. The number of carbonyl (C=O) groups is 2. The first-order valence-corrected chi connectivity index (χ1v) is 19.1. The van der Waals surface area contributed by atoms with E-state index in [0.717, 1.165) is 53.2 Å². The number of nitrogens with two attached hydrogens (primary N) is 1. The monoisotopic (exact) mass is 825 g/mol. The van der Waals surface area contributed by atoms with Crippen LogP contribution in [0.2, 0.25) is 0 Å². The quantitative estimate of drug-likeness (QED) is 0.148. The van der Waals surface area contributed by atoms with E-state index >= 15 is 0 Å². The number of hydrogen-bond acceptors (Lipinski definition) is 6. The molecule has 3 N–H and O–H groups in total. The van der Waals surface area contributed by atoms with Gasteiger partial charge in [0, 0.05) is 55.5 Å². The number of aromatic carboxylic acids is 1. The van der Waals surface area contributed by atoms with E-state index < -0.39 is 35.4 Å². The van der Waals surface area contributed by atoms with E-state index in [-0.39, 0.29) is 5.56 Å². The molecule has 292 valence electrons. The zero-order valence-corrected chi connectivity index (χ0v) is 31.6. The number of fused-ring (bicyclic) bond motifs is 2. The first kappa shape index (κ1) is 39.8. The number of primary amides is 1. The van der Waals surface area contributed by atoms with Crippen molar-refractivity contribution in [3.8, 4) is 22.5 Å². The second kappa shape index (κ2) is 16.2. The maximum absolute atomic E-state index is 13.0. The lowest BCUT2D eigenvalue weighted by atomic mass is 10.1. The van der Waals surface area contributed by atoms with Gasteiger partial charge in [0.2, 0.25) is 5.91 Å². The number of amides is 1. The van der Waals surface area contributed by atoms with Crippen LogP contribution in [0.25, 0.3) is 42.7 Å². The average Bonchev–Trinajstić information content (AvgIpc) is 3.81. The third kappa shape index (κ3) is 9.09. The molecule has 1 amide bonds. The van der Waals surface area contributed by atoms with E-state index in [1.54, 1.807) is 30.3 Å². The number of carbonyl (C=O) groups excluding carboxylic acids is 1. The fraction of sp³-hybridized carbons (Fsp3) is 0.0909. The number of nitrogens with zero attached hydrogens (tertiary/aromatic N) is 2. The second-order valence-electron chi connectivity index (χ2n) is 13.2. The number of hydrogen-bond donors (Lipinski definition) is 2. The SMILES string of the molecule is NC(=O)c1ccc(-c2cccc3cc(Cc4cccc(C(F)(F)F)c4)sc23)nc1.O=C(O)c1ccc(-c2cccc3cc(Cc4cccc(C(F)(F)F)c4)sc23)nc1. The van der Waals surface area contributed by atoms with Gasteiger partial charge in [0.25, 0.3) is 0 Å². The van der Waals surface area contributed by atoms with E-state index in [2.05, 4.69) is 9.97 Å². The van der Waals surface area contributed by atoms with Gasteiger partial charge in [-0.15, -0.1) is 22.7 Å². The number of aromatic nitrogens is 2. The highest BCUT2D eigenvalue weighted by atomic mass is 32.1. The zero-order valence-electron chi connectivity index (χ0n) is 29.9. The van der Waals surface area contributed by atoms with Crippen LogP contribution in [0.1, 0.15) is 52.7 Å². The van der Waals surface area contributed by atoms with Crippen molar-refractivity contribution in [1.29, 1.82) is 0 Å². The lowest BCUT2D eigenvalue weighted by Crippen LogP contribution is -2.10. The number of thiophene rings is 2. The Hall–Kier alpha value is -6.38. The van der Waals surface area contributed by atoms with Crippen LogP contribution < -0.4 is 5.73 Å². The summed E-state index contributed by atoms with van der Waals surface area (Å²) in [5, 5.41) is 11.0. The van der Waals surface area contributed by atoms with Crippen molar-refractivity contribution in [3.05, 3.63) is 177 Å². The minimum absolute atomic E-state index is 0.109. The molecule has 8 aromatic rings. The fourth-order valence-electron chi connectivity index (χ4n) is 6.31. The van der Waals surface area contributed by atoms with Crippen molar-refractivity contribution in [3.63, 3.8) is 0 Å². The van der Waals surface area contributed by atoms with Gasteiger partial charge in [-0.1, -0.05) is 72.8 Å². The molecule has 6 nitrogen and oxygen atoms in total. The number of benzene rings is 4. The highest BCUT2D eigenvalue weighted by Gasteiger charge is 2.31. The molecule has 58 heavy (non-hydrogen) atoms. The third-order valence-electron chi connectivity index (χ3n) is 9.07. The Morgan fingerprint density at radius 1 is 0.569 bits per heavy atom. The Kier molecular flexibility index (Phi) is 11.2. The van der Waals surface area contributed by atoms with Crippen LogP contribution >= 0.6 is 22.7 Å². The molecule has 4 aromatic carbocycles. The molecule has 0 aliphatic rings. The average molecular weight is 826 g/mol. The Morgan fingerprint density at radius 3 is 1.38 bits per heavy atom. The lowest BCUT2D eigenvalue weighted by molar-refractivity contribution is -0.138. The van der Waals surface area contributed by atoms with Crippen LogP contribution in [0.15, 0.2) is 134 Å². The van der Waals surface area contributed by atoms with E-state index in [9.17, 15) is 35.9 Å². The molecule has 0 atom stereocenters. The standard InChI is InChI=1S/C22H15F3N2OS.C22H14F3NO2S/c23-22(24,25)16-5-1-3-13(9-16)10-17-11-14-4-2-6-18(20(14)29-17)19-8-7-15(12-27-19)21(26)28;23-22(24,25)16-5-1-3-13(9-16)10-17-11-14-4-2-6-18(20(14)29-17)19-8-7-15(12-26-19)21(27)28/h1-9,11-12H,10H2,(H2,26,28);1-9,11-12H,10H2,(H,27,28). The summed E-state index contributed by atoms with van der Waals surface area (Å²) in [6.07, 6.45) is -5.16. The number of alkyl halides is 6. The predicted octanol–water partition coefficient (Wildman–Crippen LogP) is 11.9. The molecule has 4 heterocycles. The number of halogens is 6. The Morgan fingerprint density at radius 2 is 1.00 bits per heavy atom. The van der Waals surface area contributed by atoms with Gasteiger partial charge in [-0.05, 0) is 70.4 Å². The Bertz CT molecular complexity index is 2590. The molecule has 0 bridgehead atoms. The van der Waals surface area contributed by atoms with Crippen molar-refractivity contribution < 1.29 is 41.0 Å². The Balaban J connectivity index is 0.000000177. The van der Waals surface area contributed by atoms with Gasteiger partial charge in [-0.25, -0.2) is 4.79 Å². The highest BCUT2D eigenvalue weighted by molar-refractivity contribution is 7.20. The van der Waals surface area contributed by atoms with Gasteiger partial charge in [0.05, 0.1) is 33.6 Å². The minimum Gasteiger partial charge on any atom is -0.478 e. The van der Waals surface area contributed by atoms with Gasteiger partial charge >= 0.3 is 18.3 Å². The van der Waals surface area contributed by atoms with Crippen molar-refractivity contribution in [2.45, 2.75) is 25.2 Å². The number of carboxylic acid groups (broad SMARTS) is 1. The van der Waals surface area contributed by atoms with Gasteiger partial charge in [-0.2, -0.15) is 26.3 Å². The van der Waals surface area contributed by atoms with Gasteiger partial charge in [0.15, 0.2) is 0 Å². The summed E-state index contributed by atoms with van der Waals surface area (Å²) in [6, 6.07) is 32.7. The largest absolute Gasteiger partial charge is 0.478 e. The minimum atomic E-state index is -4.36. The summed E-state index contributed by atoms with van der Waals surface area (Å²) in [7, 11) is 0. The summed E-state index contributed by atoms with van der Waals surface area (Å²) < 4.78 is 79.7. The smallest absolute Gasteiger partial charge is 0.416 e. The molecule has 8 rings (SSSR count). The molecular weight excluding hydrogens is 797 g/mol. The van der Waals surface area contributed by atoms with Crippen molar-refractivity contribution in [2.75, 3.05) is 0 Å². The molecule has 0 fully saturated rings. The van der Waals surface area contributed by atoms with Crippen LogP contribution in [0.3, 0.4) is 0 Å². The lowest BCUT2D eigenvalue weighted by Gasteiger charge is -2.08. The summed E-state index contributed by atoms with van der Waals surface area (Å²) >= 11 is 3.02. The molecule has 0 radical (unpaired) electrons. The first-order valence-electron chi connectivity index (χ1n) is 17.4. The normalized spacial score (nSPS) is 11.7. The molecule has 0 spiro atoms. The molecule has 14 heteroatoms. The molecular formula is C44H29F6N3O3S2. The zero-order chi connectivity index (χ0) is 41.2. The number of rotatable bonds is 8. The van der Waals surface area contributed by atoms with Gasteiger partial charge < -0.3 is 10.8 Å². The predicted molar refractivity (Wildman–Crippen MR) is 214 cm³/mol. The van der Waals surface area contributed by atoms with Crippen molar-refractivity contribution >= 4 is 54.7 Å². The molecule has 0 saturated carbocycles. The molecule has 0 saturated heterocycles. The maximum atomic E-state index is 13.0. The number of carboxylic acids is 1. The van der Waals surface area contributed by atoms with Crippen LogP contribution in [0, 0.1) is 0 Å². The van der Waals surface area contributed by atoms with Crippen LogP contribution in [-0.4, -0.2) is 27.0 Å². The van der Waals surface area contributed by atoms with Crippen LogP contribution in [0.4, 0.5) is 26.3 Å². The molecule has 0 unspecified atom stereocenters. The van der Waals surface area contributed by atoms with E-state index in [1.807, 2.05) is 48.5 Å². The van der Waals surface area contributed by atoms with E-state index in [4.69, 9.17) is 10.8 Å². The first-order chi connectivity index (χ1) is 27.6. The van der Waals surface area contributed by atoms with Crippen LogP contribution in [0.5, 0.6) is 0 Å². The van der Waals surface area contributed by atoms with Crippen molar-refractivity contribution in [1.82, 2.24) is 9.97 Å². The molecule has 0 aliphatic heterocycles. The van der Waals surface area contributed by atoms with Gasteiger partial charge in [-0.3, -0.25) is 14.8 Å². The highest BCUT2D eigenvalue weighted by Crippen LogP contribution is 2.38. The molecule has 0 aliphatic carbocycles. The second-order valence-corrected chi connectivity index (χ2v) is 15.4. The molecule has 4 aromatic heterocycles. The Labute approximate surface area is 334 Å². The van der Waals surface area contributed by atoms with Gasteiger partial charge in [0.1, 0.15) is 0 Å². The summed E-state index contributed by atoms with van der Waals surface area (Å²) in [4.78, 5) is 32.7. The van der Waals surface area contributed by atoms with Crippen LogP contribution in [-0.2, 0) is 25.2 Å². The summed E-state index contributed by atoms with van der Waals surface area (Å²) in [6.45, 7) is 0. The fourth-order valence-corrected chi connectivity index (χ4v) is 8.74. The van der Waals surface area contributed by atoms with E-state index in [1.165, 1.54) is 65.4 Å². The number of pyridine rings is 2. The topological polar surface area (TPSA) is 106 Å². The third-order valence-corrected chi connectivity index (χ3v) is 11.4.